The van der Waals surface area contributed by atoms with Crippen LogP contribution in [0.1, 0.15) is 42.6 Å². The smallest absolute Gasteiger partial charge is 0.240 e. The van der Waals surface area contributed by atoms with Crippen LogP contribution in [0.4, 0.5) is 0 Å². The fourth-order valence-electron chi connectivity index (χ4n) is 4.28. The Hall–Kier alpha value is -2.93. The van der Waals surface area contributed by atoms with Crippen LogP contribution in [0.5, 0.6) is 0 Å². The number of carbonyl (C=O) groups excluding carboxylic acids is 3. The first kappa shape index (κ1) is 20.3. The third-order valence-electron chi connectivity index (χ3n) is 5.81. The summed E-state index contributed by atoms with van der Waals surface area (Å²) in [7, 11) is 0. The molecule has 1 saturated heterocycles. The maximum absolute atomic E-state index is 12.5. The molecule has 1 N–H and O–H groups in total. The van der Waals surface area contributed by atoms with Crippen LogP contribution < -0.4 is 5.32 Å². The summed E-state index contributed by atoms with van der Waals surface area (Å²) in [4.78, 5) is 38.5. The number of ether oxygens (including phenoxy) is 1. The van der Waals surface area contributed by atoms with Gasteiger partial charge in [-0.3, -0.25) is 19.3 Å². The van der Waals surface area contributed by atoms with Gasteiger partial charge in [-0.1, -0.05) is 37.1 Å². The first-order chi connectivity index (χ1) is 14.6. The number of imide groups is 1. The molecule has 0 spiro atoms. The Morgan fingerprint density at radius 3 is 2.47 bits per heavy atom. The highest BCUT2D eigenvalue weighted by molar-refractivity contribution is 6.07. The summed E-state index contributed by atoms with van der Waals surface area (Å²) in [5.74, 6) is -0.376. The van der Waals surface area contributed by atoms with E-state index in [0.29, 0.717) is 19.8 Å². The summed E-state index contributed by atoms with van der Waals surface area (Å²) in [6, 6.07) is 11.4. The standard InChI is InChI=1S/C23H26N2O5/c26-21(13-25-22(27)19-8-1-2-9-20(19)23(25)28)24-12-16-5-3-6-17(11-16)14-29-15-18-7-4-10-30-18/h3-7,10-11,19-20H,1-2,8-9,12-15H2,(H,24,26)/t19-,20-/m0/s1. The highest BCUT2D eigenvalue weighted by Gasteiger charge is 2.48. The van der Waals surface area contributed by atoms with Crippen molar-refractivity contribution >= 4 is 17.7 Å². The van der Waals surface area contributed by atoms with Crippen LogP contribution in [0.15, 0.2) is 47.1 Å². The molecule has 2 aromatic rings. The summed E-state index contributed by atoms with van der Waals surface area (Å²) in [6.45, 7) is 0.959. The molecular formula is C23H26N2O5. The number of benzene rings is 1. The van der Waals surface area contributed by atoms with E-state index >= 15 is 0 Å². The highest BCUT2D eigenvalue weighted by Crippen LogP contribution is 2.37. The lowest BCUT2D eigenvalue weighted by Crippen LogP contribution is -2.40. The van der Waals surface area contributed by atoms with Gasteiger partial charge in [-0.05, 0) is 36.1 Å². The van der Waals surface area contributed by atoms with Gasteiger partial charge < -0.3 is 14.5 Å². The van der Waals surface area contributed by atoms with Crippen molar-refractivity contribution in [1.82, 2.24) is 10.2 Å². The van der Waals surface area contributed by atoms with Gasteiger partial charge in [-0.15, -0.1) is 0 Å². The number of hydrogen-bond donors (Lipinski definition) is 1. The molecule has 1 aromatic carbocycles. The van der Waals surface area contributed by atoms with Crippen LogP contribution in [-0.2, 0) is 38.9 Å². The molecule has 1 aliphatic heterocycles. The largest absolute Gasteiger partial charge is 0.467 e. The number of rotatable bonds is 8. The van der Waals surface area contributed by atoms with E-state index in [4.69, 9.17) is 9.15 Å². The topological polar surface area (TPSA) is 88.9 Å². The third kappa shape index (κ3) is 4.62. The average molecular weight is 410 g/mol. The molecule has 2 fully saturated rings. The molecule has 30 heavy (non-hydrogen) atoms. The van der Waals surface area contributed by atoms with Crippen molar-refractivity contribution in [2.24, 2.45) is 11.8 Å². The summed E-state index contributed by atoms with van der Waals surface area (Å²) in [5, 5.41) is 2.81. The van der Waals surface area contributed by atoms with Crippen molar-refractivity contribution in [1.29, 1.82) is 0 Å². The first-order valence-electron chi connectivity index (χ1n) is 10.4. The van der Waals surface area contributed by atoms with Gasteiger partial charge in [0.2, 0.25) is 17.7 Å². The van der Waals surface area contributed by atoms with Crippen molar-refractivity contribution in [3.05, 3.63) is 59.5 Å². The molecule has 7 heteroatoms. The van der Waals surface area contributed by atoms with Gasteiger partial charge in [0, 0.05) is 6.54 Å². The van der Waals surface area contributed by atoms with Crippen LogP contribution in [0, 0.1) is 11.8 Å². The quantitative estimate of drug-likeness (QED) is 0.676. The van der Waals surface area contributed by atoms with E-state index in [0.717, 1.165) is 47.5 Å². The van der Waals surface area contributed by atoms with Crippen LogP contribution in [-0.4, -0.2) is 29.2 Å². The number of fused-ring (bicyclic) bond motifs is 1. The lowest BCUT2D eigenvalue weighted by Gasteiger charge is -2.19. The Balaban J connectivity index is 1.25. The van der Waals surface area contributed by atoms with E-state index in [1.165, 1.54) is 0 Å². The van der Waals surface area contributed by atoms with Crippen molar-refractivity contribution in [2.45, 2.75) is 45.4 Å². The van der Waals surface area contributed by atoms with Gasteiger partial charge in [-0.25, -0.2) is 0 Å². The summed E-state index contributed by atoms with van der Waals surface area (Å²) < 4.78 is 10.9. The molecule has 158 valence electrons. The first-order valence-corrected chi connectivity index (χ1v) is 10.4. The molecule has 2 heterocycles. The Morgan fingerprint density at radius 2 is 1.77 bits per heavy atom. The molecule has 0 bridgehead atoms. The minimum absolute atomic E-state index is 0.185. The van der Waals surface area contributed by atoms with Crippen molar-refractivity contribution in [2.75, 3.05) is 6.54 Å². The molecule has 1 aliphatic carbocycles. The Labute approximate surface area is 175 Å². The van der Waals surface area contributed by atoms with E-state index in [-0.39, 0.29) is 36.1 Å². The van der Waals surface area contributed by atoms with E-state index in [1.54, 1.807) is 6.26 Å². The van der Waals surface area contributed by atoms with Crippen molar-refractivity contribution in [3.8, 4) is 0 Å². The maximum atomic E-state index is 12.5. The SMILES string of the molecule is O=C(CN1C(=O)[C@H]2CCCC[C@@H]2C1=O)NCc1cccc(COCc2ccco2)c1. The zero-order chi connectivity index (χ0) is 20.9. The summed E-state index contributed by atoms with van der Waals surface area (Å²) in [5.41, 5.74) is 1.91. The zero-order valence-corrected chi connectivity index (χ0v) is 16.8. The highest BCUT2D eigenvalue weighted by atomic mass is 16.5. The van der Waals surface area contributed by atoms with Crippen LogP contribution >= 0.6 is 0 Å². The van der Waals surface area contributed by atoms with Crippen LogP contribution in [0.25, 0.3) is 0 Å². The summed E-state index contributed by atoms with van der Waals surface area (Å²) in [6.07, 6.45) is 5.06. The number of amides is 3. The molecule has 2 aliphatic rings. The summed E-state index contributed by atoms with van der Waals surface area (Å²) >= 11 is 0. The lowest BCUT2D eigenvalue weighted by molar-refractivity contribution is -0.143. The van der Waals surface area contributed by atoms with Crippen LogP contribution in [0.3, 0.4) is 0 Å². The second-order valence-electron chi connectivity index (χ2n) is 7.93. The van der Waals surface area contributed by atoms with Crippen molar-refractivity contribution < 1.29 is 23.5 Å². The number of carbonyl (C=O) groups is 3. The number of nitrogens with one attached hydrogen (secondary N) is 1. The second kappa shape index (κ2) is 9.26. The molecule has 7 nitrogen and oxygen atoms in total. The third-order valence-corrected chi connectivity index (χ3v) is 5.81. The molecule has 2 atom stereocenters. The lowest BCUT2D eigenvalue weighted by atomic mass is 9.81. The molecule has 3 amide bonds. The fourth-order valence-corrected chi connectivity index (χ4v) is 4.28. The zero-order valence-electron chi connectivity index (χ0n) is 16.8. The number of likely N-dealkylation sites (tertiary alicyclic amines) is 1. The molecule has 0 radical (unpaired) electrons. The molecular weight excluding hydrogens is 384 g/mol. The molecule has 1 saturated carbocycles. The monoisotopic (exact) mass is 410 g/mol. The predicted molar refractivity (Wildman–Crippen MR) is 108 cm³/mol. The van der Waals surface area contributed by atoms with Gasteiger partial charge in [0.25, 0.3) is 0 Å². The van der Waals surface area contributed by atoms with Gasteiger partial charge >= 0.3 is 0 Å². The Kier molecular flexibility index (Phi) is 6.28. The van der Waals surface area contributed by atoms with E-state index in [1.807, 2.05) is 36.4 Å². The molecule has 1 aromatic heterocycles. The maximum Gasteiger partial charge on any atom is 0.240 e. The van der Waals surface area contributed by atoms with E-state index in [9.17, 15) is 14.4 Å². The number of nitrogens with zero attached hydrogens (tertiary/aromatic N) is 1. The van der Waals surface area contributed by atoms with Gasteiger partial charge in [0.05, 0.1) is 24.7 Å². The van der Waals surface area contributed by atoms with Gasteiger partial charge in [0.15, 0.2) is 0 Å². The normalized spacial score (nSPS) is 21.0. The minimum atomic E-state index is -0.324. The van der Waals surface area contributed by atoms with Gasteiger partial charge in [-0.2, -0.15) is 0 Å². The minimum Gasteiger partial charge on any atom is -0.467 e. The van der Waals surface area contributed by atoms with E-state index < -0.39 is 0 Å². The Bertz CT molecular complexity index is 884. The fraction of sp³-hybridized carbons (Fsp3) is 0.435. The van der Waals surface area contributed by atoms with E-state index in [2.05, 4.69) is 5.32 Å². The van der Waals surface area contributed by atoms with Gasteiger partial charge in [0.1, 0.15) is 18.9 Å². The Morgan fingerprint density at radius 1 is 1.03 bits per heavy atom. The predicted octanol–water partition coefficient (Wildman–Crippen LogP) is 2.79. The number of hydrogen-bond acceptors (Lipinski definition) is 5. The molecule has 4 rings (SSSR count). The van der Waals surface area contributed by atoms with Crippen LogP contribution in [0.2, 0.25) is 0 Å². The van der Waals surface area contributed by atoms with Crippen molar-refractivity contribution in [3.63, 3.8) is 0 Å². The second-order valence-corrected chi connectivity index (χ2v) is 7.93. The number of furan rings is 1. The average Bonchev–Trinajstić information content (AvgIpc) is 3.36. The molecule has 0 unspecified atom stereocenters.